The Labute approximate surface area is 183 Å². The molecule has 9 nitrogen and oxygen atoms in total. The Bertz CT molecular complexity index is 1170. The third-order valence-corrected chi connectivity index (χ3v) is 5.32. The number of rotatable bonds is 6. The molecule has 32 heavy (non-hydrogen) atoms. The number of imide groups is 1. The van der Waals surface area contributed by atoms with E-state index in [1.165, 1.54) is 30.1 Å². The van der Waals surface area contributed by atoms with Crippen LogP contribution < -0.4 is 5.32 Å². The highest BCUT2D eigenvalue weighted by atomic mass is 16.5. The Balaban J connectivity index is 1.27. The number of hydrogen-bond acceptors (Lipinski definition) is 6. The maximum Gasteiger partial charge on any atom is 0.308 e. The molecule has 0 radical (unpaired) electrons. The molecule has 0 saturated carbocycles. The minimum atomic E-state index is -0.645. The Hall–Kier alpha value is -4.27. The summed E-state index contributed by atoms with van der Waals surface area (Å²) >= 11 is 0. The van der Waals surface area contributed by atoms with Crippen LogP contribution in [0.5, 0.6) is 0 Å². The van der Waals surface area contributed by atoms with Gasteiger partial charge in [-0.3, -0.25) is 28.9 Å². The van der Waals surface area contributed by atoms with Crippen molar-refractivity contribution in [2.24, 2.45) is 0 Å². The summed E-state index contributed by atoms with van der Waals surface area (Å²) in [4.78, 5) is 63.0. The summed E-state index contributed by atoms with van der Waals surface area (Å²) < 4.78 is 4.98. The number of nitrogens with zero attached hydrogens (tertiary/aromatic N) is 2. The van der Waals surface area contributed by atoms with Gasteiger partial charge in [-0.25, -0.2) is 0 Å². The van der Waals surface area contributed by atoms with Gasteiger partial charge in [-0.2, -0.15) is 0 Å². The molecular weight excluding hydrogens is 414 g/mol. The zero-order valence-electron chi connectivity index (χ0n) is 17.2. The average molecular weight is 433 g/mol. The first-order valence-corrected chi connectivity index (χ1v) is 9.80. The number of benzene rings is 2. The SMILES string of the molecule is C=C1c2ccccc2C(=O)N1CCC(=O)OCC(=O)Nc1ccc2c(c1)C(=O)N(C)C2=O. The molecule has 4 amide bonds. The van der Waals surface area contributed by atoms with Crippen LogP contribution >= 0.6 is 0 Å². The molecule has 162 valence electrons. The number of hydrogen-bond donors (Lipinski definition) is 1. The number of esters is 1. The third kappa shape index (κ3) is 3.64. The number of carbonyl (C=O) groups is 5. The zero-order valence-corrected chi connectivity index (χ0v) is 17.2. The summed E-state index contributed by atoms with van der Waals surface area (Å²) in [7, 11) is 1.38. The van der Waals surface area contributed by atoms with E-state index in [2.05, 4.69) is 11.9 Å². The molecule has 0 fully saturated rings. The second-order valence-electron chi connectivity index (χ2n) is 7.34. The minimum absolute atomic E-state index is 0.0846. The number of fused-ring (bicyclic) bond motifs is 2. The number of ether oxygens (including phenoxy) is 1. The van der Waals surface area contributed by atoms with Crippen molar-refractivity contribution in [2.45, 2.75) is 6.42 Å². The molecule has 0 saturated heterocycles. The minimum Gasteiger partial charge on any atom is -0.456 e. The monoisotopic (exact) mass is 433 g/mol. The van der Waals surface area contributed by atoms with Crippen LogP contribution in [0, 0.1) is 0 Å². The molecule has 9 heteroatoms. The molecule has 0 aliphatic carbocycles. The fraction of sp³-hybridized carbons (Fsp3) is 0.174. The average Bonchev–Trinajstić information content (AvgIpc) is 3.16. The van der Waals surface area contributed by atoms with Gasteiger partial charge >= 0.3 is 5.97 Å². The summed E-state index contributed by atoms with van der Waals surface area (Å²) in [6, 6.07) is 11.4. The second kappa shape index (κ2) is 8.10. The highest BCUT2D eigenvalue weighted by Crippen LogP contribution is 2.31. The van der Waals surface area contributed by atoms with Crippen LogP contribution in [0.3, 0.4) is 0 Å². The van der Waals surface area contributed by atoms with Crippen LogP contribution in [0.1, 0.15) is 43.1 Å². The van der Waals surface area contributed by atoms with Crippen molar-refractivity contribution in [2.75, 3.05) is 25.5 Å². The van der Waals surface area contributed by atoms with Crippen LogP contribution in [-0.4, -0.2) is 59.6 Å². The van der Waals surface area contributed by atoms with Crippen LogP contribution in [-0.2, 0) is 14.3 Å². The lowest BCUT2D eigenvalue weighted by Crippen LogP contribution is -2.27. The first-order valence-electron chi connectivity index (χ1n) is 9.80. The van der Waals surface area contributed by atoms with E-state index >= 15 is 0 Å². The highest BCUT2D eigenvalue weighted by molar-refractivity contribution is 6.21. The second-order valence-corrected chi connectivity index (χ2v) is 7.34. The fourth-order valence-corrected chi connectivity index (χ4v) is 3.63. The molecule has 4 rings (SSSR count). The number of amides is 4. The lowest BCUT2D eigenvalue weighted by Gasteiger charge is -2.16. The van der Waals surface area contributed by atoms with Crippen molar-refractivity contribution in [1.29, 1.82) is 0 Å². The predicted molar refractivity (Wildman–Crippen MR) is 114 cm³/mol. The Kier molecular flexibility index (Phi) is 5.31. The van der Waals surface area contributed by atoms with E-state index in [9.17, 15) is 24.0 Å². The van der Waals surface area contributed by atoms with Gasteiger partial charge < -0.3 is 15.0 Å². The van der Waals surface area contributed by atoms with Crippen LogP contribution in [0.15, 0.2) is 49.0 Å². The molecule has 1 N–H and O–H groups in total. The van der Waals surface area contributed by atoms with Gasteiger partial charge in [-0.1, -0.05) is 24.8 Å². The van der Waals surface area contributed by atoms with E-state index in [-0.39, 0.29) is 30.0 Å². The number of anilines is 1. The van der Waals surface area contributed by atoms with Crippen LogP contribution in [0.25, 0.3) is 5.70 Å². The molecule has 2 heterocycles. The van der Waals surface area contributed by atoms with Gasteiger partial charge in [0.25, 0.3) is 23.6 Å². The number of nitrogens with one attached hydrogen (secondary N) is 1. The largest absolute Gasteiger partial charge is 0.456 e. The standard InChI is InChI=1S/C23H19N3O6/c1-13-15-5-3-4-6-16(15)23(31)26(13)10-9-20(28)32-12-19(27)24-14-7-8-17-18(11-14)22(30)25(2)21(17)29/h3-8,11H,1,9-10,12H2,2H3,(H,24,27). The lowest BCUT2D eigenvalue weighted by atomic mass is 10.1. The summed E-state index contributed by atoms with van der Waals surface area (Å²) in [5, 5.41) is 2.52. The predicted octanol–water partition coefficient (Wildman–Crippen LogP) is 1.91. The van der Waals surface area contributed by atoms with E-state index < -0.39 is 30.3 Å². The first kappa shape index (κ1) is 21.0. The molecule has 0 spiro atoms. The Morgan fingerprint density at radius 3 is 2.31 bits per heavy atom. The molecule has 0 aromatic heterocycles. The normalized spacial score (nSPS) is 14.5. The topological polar surface area (TPSA) is 113 Å². The lowest BCUT2D eigenvalue weighted by molar-refractivity contribution is -0.147. The zero-order chi connectivity index (χ0) is 23.0. The highest BCUT2D eigenvalue weighted by Gasteiger charge is 2.33. The number of carbonyl (C=O) groups excluding carboxylic acids is 5. The molecule has 0 bridgehead atoms. The van der Waals surface area contributed by atoms with Crippen molar-refractivity contribution in [1.82, 2.24) is 9.80 Å². The van der Waals surface area contributed by atoms with Gasteiger partial charge in [0, 0.05) is 36.1 Å². The van der Waals surface area contributed by atoms with Crippen LogP contribution in [0.4, 0.5) is 5.69 Å². The molecule has 2 aromatic rings. The van der Waals surface area contributed by atoms with Crippen molar-refractivity contribution < 1.29 is 28.7 Å². The molecule has 2 aromatic carbocycles. The van der Waals surface area contributed by atoms with Crippen LogP contribution in [0.2, 0.25) is 0 Å². The Morgan fingerprint density at radius 2 is 1.59 bits per heavy atom. The van der Waals surface area contributed by atoms with E-state index in [4.69, 9.17) is 4.74 Å². The summed E-state index contributed by atoms with van der Waals surface area (Å²) in [6.07, 6.45) is -0.103. The first-order chi connectivity index (χ1) is 15.3. The van der Waals surface area contributed by atoms with Crippen molar-refractivity contribution >= 4 is 41.0 Å². The van der Waals surface area contributed by atoms with Crippen molar-refractivity contribution in [3.63, 3.8) is 0 Å². The maximum absolute atomic E-state index is 12.4. The van der Waals surface area contributed by atoms with Gasteiger partial charge in [0.2, 0.25) is 0 Å². The summed E-state index contributed by atoms with van der Waals surface area (Å²) in [5.74, 6) is -2.33. The smallest absolute Gasteiger partial charge is 0.308 e. The molecule has 2 aliphatic heterocycles. The van der Waals surface area contributed by atoms with E-state index in [0.29, 0.717) is 16.9 Å². The van der Waals surface area contributed by atoms with Gasteiger partial charge in [0.15, 0.2) is 6.61 Å². The van der Waals surface area contributed by atoms with E-state index in [1.54, 1.807) is 24.3 Å². The summed E-state index contributed by atoms with van der Waals surface area (Å²) in [6.45, 7) is 3.46. The maximum atomic E-state index is 12.4. The fourth-order valence-electron chi connectivity index (χ4n) is 3.63. The Morgan fingerprint density at radius 1 is 0.938 bits per heavy atom. The molecule has 0 unspecified atom stereocenters. The van der Waals surface area contributed by atoms with Crippen molar-refractivity contribution in [3.05, 3.63) is 71.3 Å². The third-order valence-electron chi connectivity index (χ3n) is 5.32. The van der Waals surface area contributed by atoms with Gasteiger partial charge in [-0.05, 0) is 24.3 Å². The van der Waals surface area contributed by atoms with Gasteiger partial charge in [-0.15, -0.1) is 0 Å². The van der Waals surface area contributed by atoms with E-state index in [0.717, 1.165) is 10.5 Å². The van der Waals surface area contributed by atoms with Gasteiger partial charge in [0.1, 0.15) is 0 Å². The molecule has 0 atom stereocenters. The van der Waals surface area contributed by atoms with Crippen molar-refractivity contribution in [3.8, 4) is 0 Å². The summed E-state index contributed by atoms with van der Waals surface area (Å²) in [5.41, 5.74) is 2.55. The van der Waals surface area contributed by atoms with E-state index in [1.807, 2.05) is 0 Å². The van der Waals surface area contributed by atoms with Gasteiger partial charge in [0.05, 0.1) is 17.5 Å². The quantitative estimate of drug-likeness (QED) is 0.550. The molecule has 2 aliphatic rings. The molecular formula is C23H19N3O6.